The molecular weight excluding hydrogens is 528 g/mol. The Morgan fingerprint density at radius 3 is 2.66 bits per heavy atom. The van der Waals surface area contributed by atoms with Gasteiger partial charge in [-0.2, -0.15) is 0 Å². The van der Waals surface area contributed by atoms with Crippen molar-refractivity contribution in [3.63, 3.8) is 0 Å². The number of nitrogens with zero attached hydrogens (tertiary/aromatic N) is 2. The molecule has 9 nitrogen and oxygen atoms in total. The van der Waals surface area contributed by atoms with Crippen molar-refractivity contribution in [2.75, 3.05) is 50.7 Å². The summed E-state index contributed by atoms with van der Waals surface area (Å²) in [4.78, 5) is 29.1. The summed E-state index contributed by atoms with van der Waals surface area (Å²) in [6.45, 7) is 7.75. The topological polar surface area (TPSA) is 104 Å². The van der Waals surface area contributed by atoms with Gasteiger partial charge in [-0.25, -0.2) is 13.8 Å². The van der Waals surface area contributed by atoms with Crippen LogP contribution < -0.4 is 20.4 Å². The third kappa shape index (κ3) is 6.37. The first-order valence-electron chi connectivity index (χ1n) is 12.5. The number of carbonyl (C=O) groups is 1. The number of fused-ring (bicyclic) bond motifs is 1. The van der Waals surface area contributed by atoms with E-state index in [1.54, 1.807) is 20.2 Å². The second-order valence-corrected chi connectivity index (χ2v) is 11.3. The van der Waals surface area contributed by atoms with Crippen LogP contribution in [0.2, 0.25) is 5.02 Å². The molecular formula is C27H33ClN4O5S. The number of nitrogens with one attached hydrogen (secondary N) is 2. The molecule has 1 aromatic heterocycles. The van der Waals surface area contributed by atoms with E-state index in [0.717, 1.165) is 48.6 Å². The maximum absolute atomic E-state index is 13.4. The third-order valence-electron chi connectivity index (χ3n) is 6.63. The maximum Gasteiger partial charge on any atom is 0.414 e. The average molecular weight is 561 g/mol. The monoisotopic (exact) mass is 560 g/mol. The Labute approximate surface area is 229 Å². The van der Waals surface area contributed by atoms with Crippen LogP contribution in [0.5, 0.6) is 5.75 Å². The van der Waals surface area contributed by atoms with Gasteiger partial charge in [-0.3, -0.25) is 4.90 Å². The van der Waals surface area contributed by atoms with Crippen LogP contribution in [0, 0.1) is 6.92 Å². The second-order valence-electron chi connectivity index (χ2n) is 9.42. The van der Waals surface area contributed by atoms with Crippen molar-refractivity contribution in [3.8, 4) is 5.75 Å². The van der Waals surface area contributed by atoms with Crippen molar-refractivity contribution in [2.24, 2.45) is 0 Å². The number of benzene rings is 2. The molecule has 1 atom stereocenters. The Kier molecular flexibility index (Phi) is 9.09. The Balaban J connectivity index is 1.81. The van der Waals surface area contributed by atoms with E-state index >= 15 is 0 Å². The Morgan fingerprint density at radius 1 is 1.24 bits per heavy atom. The summed E-state index contributed by atoms with van der Waals surface area (Å²) in [5.41, 5.74) is 3.85. The molecule has 0 radical (unpaired) electrons. The van der Waals surface area contributed by atoms with E-state index in [-0.39, 0.29) is 10.8 Å². The molecule has 3 aromatic rings. The lowest BCUT2D eigenvalue weighted by molar-refractivity contribution is 0.172. The van der Waals surface area contributed by atoms with E-state index in [1.807, 2.05) is 32.0 Å². The summed E-state index contributed by atoms with van der Waals surface area (Å²) >= 11 is 6.55. The van der Waals surface area contributed by atoms with E-state index in [0.29, 0.717) is 35.3 Å². The molecule has 11 heteroatoms. The number of ether oxygens (including phenoxy) is 1. The lowest BCUT2D eigenvalue weighted by Crippen LogP contribution is -2.43. The fourth-order valence-electron chi connectivity index (χ4n) is 4.39. The molecule has 1 amide bonds. The highest BCUT2D eigenvalue weighted by Gasteiger charge is 2.22. The second kappa shape index (κ2) is 12.3. The van der Waals surface area contributed by atoms with Gasteiger partial charge < -0.3 is 24.1 Å². The van der Waals surface area contributed by atoms with Gasteiger partial charge in [0.25, 0.3) is 0 Å². The number of anilines is 1. The van der Waals surface area contributed by atoms with Gasteiger partial charge in [-0.1, -0.05) is 30.7 Å². The van der Waals surface area contributed by atoms with Gasteiger partial charge in [0, 0.05) is 81.7 Å². The summed E-state index contributed by atoms with van der Waals surface area (Å²) in [5.74, 6) is 0.611. The molecule has 0 bridgehead atoms. The number of rotatable bonds is 8. The molecule has 1 fully saturated rings. The lowest BCUT2D eigenvalue weighted by atomic mass is 9.95. The number of hydrogen-bond acceptors (Lipinski definition) is 7. The lowest BCUT2D eigenvalue weighted by Gasteiger charge is -2.28. The van der Waals surface area contributed by atoms with E-state index in [9.17, 15) is 13.8 Å². The molecule has 204 valence electrons. The van der Waals surface area contributed by atoms with Crippen LogP contribution in [0.25, 0.3) is 11.0 Å². The summed E-state index contributed by atoms with van der Waals surface area (Å²) in [6.07, 6.45) is -0.242. The average Bonchev–Trinajstić information content (AvgIpc) is 2.89. The molecule has 0 aliphatic carbocycles. The molecule has 4 rings (SSSR count). The van der Waals surface area contributed by atoms with Crippen LogP contribution in [0.15, 0.2) is 39.5 Å². The quantitative estimate of drug-likeness (QED) is 0.403. The fraction of sp³-hybridized carbons (Fsp3) is 0.407. The van der Waals surface area contributed by atoms with Gasteiger partial charge in [-0.15, -0.1) is 0 Å². The predicted molar refractivity (Wildman–Crippen MR) is 152 cm³/mol. The molecule has 1 aliphatic rings. The van der Waals surface area contributed by atoms with E-state index in [1.165, 1.54) is 11.0 Å². The van der Waals surface area contributed by atoms with Crippen molar-refractivity contribution < 1.29 is 18.2 Å². The highest BCUT2D eigenvalue weighted by Crippen LogP contribution is 2.34. The van der Waals surface area contributed by atoms with E-state index in [2.05, 4.69) is 14.9 Å². The van der Waals surface area contributed by atoms with Crippen LogP contribution in [0.3, 0.4) is 0 Å². The first-order chi connectivity index (χ1) is 18.2. The smallest absolute Gasteiger partial charge is 0.414 e. The predicted octanol–water partition coefficient (Wildman–Crippen LogP) is 3.91. The molecule has 2 aromatic carbocycles. The van der Waals surface area contributed by atoms with Crippen LogP contribution in [-0.4, -0.2) is 66.1 Å². The van der Waals surface area contributed by atoms with Gasteiger partial charge in [-0.05, 0) is 35.7 Å². The Morgan fingerprint density at radius 2 is 1.97 bits per heavy atom. The van der Waals surface area contributed by atoms with Gasteiger partial charge in [0.15, 0.2) is 5.75 Å². The van der Waals surface area contributed by atoms with Crippen LogP contribution in [-0.2, 0) is 24.0 Å². The first-order valence-corrected chi connectivity index (χ1v) is 14.2. The summed E-state index contributed by atoms with van der Waals surface area (Å²) in [7, 11) is 1.96. The van der Waals surface area contributed by atoms with Gasteiger partial charge >= 0.3 is 11.7 Å². The molecule has 1 unspecified atom stereocenters. The molecule has 2 N–H and O–H groups in total. The summed E-state index contributed by atoms with van der Waals surface area (Å²) < 4.78 is 26.3. The molecule has 1 aliphatic heterocycles. The number of piperazine rings is 1. The zero-order valence-corrected chi connectivity index (χ0v) is 23.6. The highest BCUT2D eigenvalue weighted by atomic mass is 35.5. The van der Waals surface area contributed by atoms with E-state index in [4.69, 9.17) is 20.8 Å². The standard InChI is InChI=1S/C27H33ClN4O5S/c1-5-38(35)30-23-8-6-7-18(17(23)2)13-20-21(16-32-11-9-29-10-12-32)19-14-22(28)25(37-27(34)31(3)4)15-24(19)36-26(20)33/h6-8,14-15,29-30H,5,9-13,16H2,1-4H3. The molecule has 1 saturated heterocycles. The number of hydrogen-bond donors (Lipinski definition) is 2. The summed E-state index contributed by atoms with van der Waals surface area (Å²) in [5, 5.41) is 4.30. The zero-order valence-electron chi connectivity index (χ0n) is 22.1. The molecule has 0 spiro atoms. The van der Waals surface area contributed by atoms with E-state index < -0.39 is 22.7 Å². The number of carbonyl (C=O) groups excluding carboxylic acids is 1. The SMILES string of the molecule is CCS(=O)Nc1cccc(Cc2c(CN3CCNCC3)c3cc(Cl)c(OC(=O)N(C)C)cc3oc2=O)c1C. The Hall–Kier alpha value is -2.92. The molecule has 38 heavy (non-hydrogen) atoms. The van der Waals surface area contributed by atoms with Crippen molar-refractivity contribution in [2.45, 2.75) is 26.8 Å². The van der Waals surface area contributed by atoms with Crippen molar-refractivity contribution in [3.05, 3.63) is 68.0 Å². The van der Waals surface area contributed by atoms with Gasteiger partial charge in [0.2, 0.25) is 0 Å². The maximum atomic E-state index is 13.4. The minimum absolute atomic E-state index is 0.125. The fourth-order valence-corrected chi connectivity index (χ4v) is 5.20. The minimum atomic E-state index is -1.18. The zero-order chi connectivity index (χ0) is 27.4. The minimum Gasteiger partial charge on any atom is -0.422 e. The van der Waals surface area contributed by atoms with Gasteiger partial charge in [0.1, 0.15) is 16.6 Å². The highest BCUT2D eigenvalue weighted by molar-refractivity contribution is 7.86. The third-order valence-corrected chi connectivity index (χ3v) is 7.89. The molecule has 0 saturated carbocycles. The number of halogens is 1. The summed E-state index contributed by atoms with van der Waals surface area (Å²) in [6, 6.07) is 8.94. The Bertz CT molecular complexity index is 1420. The molecule has 2 heterocycles. The first kappa shape index (κ1) is 28.1. The number of amides is 1. The van der Waals surface area contributed by atoms with Crippen LogP contribution in [0.1, 0.15) is 29.2 Å². The van der Waals surface area contributed by atoms with Crippen molar-refractivity contribution in [1.82, 2.24) is 15.1 Å². The van der Waals surface area contributed by atoms with Crippen LogP contribution >= 0.6 is 11.6 Å². The van der Waals surface area contributed by atoms with Gasteiger partial charge in [0.05, 0.1) is 5.02 Å². The van der Waals surface area contributed by atoms with Crippen LogP contribution in [0.4, 0.5) is 10.5 Å². The largest absolute Gasteiger partial charge is 0.422 e. The van der Waals surface area contributed by atoms with Crippen molar-refractivity contribution in [1.29, 1.82) is 0 Å². The van der Waals surface area contributed by atoms with Crippen molar-refractivity contribution >= 4 is 45.3 Å². The normalized spacial score (nSPS) is 14.9.